The van der Waals surface area contributed by atoms with E-state index >= 15 is 0 Å². The third-order valence-electron chi connectivity index (χ3n) is 1.87. The summed E-state index contributed by atoms with van der Waals surface area (Å²) < 4.78 is 0. The van der Waals surface area contributed by atoms with E-state index < -0.39 is 0 Å². The average molecular weight is 261 g/mol. The first kappa shape index (κ1) is 22.3. The van der Waals surface area contributed by atoms with Gasteiger partial charge in [-0.15, -0.1) is 0 Å². The first-order chi connectivity index (χ1) is 8.57. The summed E-state index contributed by atoms with van der Waals surface area (Å²) in [7, 11) is 1.50. The molecule has 4 N–H and O–H groups in total. The SMILES string of the molecule is CC.CCNCC(=O)NCCC(=O)C(C)C.CN. The van der Waals surface area contributed by atoms with Crippen molar-refractivity contribution >= 4 is 11.7 Å². The second kappa shape index (κ2) is 18.4. The molecule has 0 aromatic rings. The van der Waals surface area contributed by atoms with Crippen LogP contribution in [0.25, 0.3) is 0 Å². The molecule has 5 heteroatoms. The van der Waals surface area contributed by atoms with Gasteiger partial charge in [-0.1, -0.05) is 34.6 Å². The lowest BCUT2D eigenvalue weighted by Gasteiger charge is -2.06. The Morgan fingerprint density at radius 2 is 1.67 bits per heavy atom. The fourth-order valence-corrected chi connectivity index (χ4v) is 0.915. The molecule has 0 aromatic heterocycles. The number of carbonyl (C=O) groups excluding carboxylic acids is 2. The van der Waals surface area contributed by atoms with Gasteiger partial charge >= 0.3 is 0 Å². The lowest BCUT2D eigenvalue weighted by atomic mass is 10.1. The maximum atomic E-state index is 11.2. The second-order valence-electron chi connectivity index (χ2n) is 3.50. The van der Waals surface area contributed by atoms with Crippen LogP contribution in [0.15, 0.2) is 0 Å². The Hall–Kier alpha value is -0.940. The molecule has 0 heterocycles. The number of hydrogen-bond donors (Lipinski definition) is 3. The van der Waals surface area contributed by atoms with Gasteiger partial charge in [-0.2, -0.15) is 0 Å². The first-order valence-electron chi connectivity index (χ1n) is 6.65. The van der Waals surface area contributed by atoms with Crippen LogP contribution in [0.1, 0.15) is 41.0 Å². The van der Waals surface area contributed by atoms with Crippen LogP contribution in [-0.4, -0.2) is 38.4 Å². The minimum atomic E-state index is -0.0524. The number of rotatable bonds is 7. The van der Waals surface area contributed by atoms with E-state index in [0.29, 0.717) is 19.5 Å². The summed E-state index contributed by atoms with van der Waals surface area (Å²) in [4.78, 5) is 22.2. The summed E-state index contributed by atoms with van der Waals surface area (Å²) in [5.74, 6) is 0.192. The van der Waals surface area contributed by atoms with Gasteiger partial charge in [-0.05, 0) is 13.6 Å². The van der Waals surface area contributed by atoms with E-state index in [1.54, 1.807) is 0 Å². The molecule has 0 fully saturated rings. The third-order valence-corrected chi connectivity index (χ3v) is 1.87. The molecule has 0 spiro atoms. The lowest BCUT2D eigenvalue weighted by Crippen LogP contribution is -2.35. The van der Waals surface area contributed by atoms with Crippen molar-refractivity contribution in [2.45, 2.75) is 41.0 Å². The van der Waals surface area contributed by atoms with Crippen molar-refractivity contribution in [3.8, 4) is 0 Å². The summed E-state index contributed by atoms with van der Waals surface area (Å²) in [6.45, 7) is 11.2. The van der Waals surface area contributed by atoms with Crippen molar-refractivity contribution in [1.29, 1.82) is 0 Å². The van der Waals surface area contributed by atoms with Crippen molar-refractivity contribution in [2.75, 3.05) is 26.7 Å². The Morgan fingerprint density at radius 1 is 1.17 bits per heavy atom. The topological polar surface area (TPSA) is 84.2 Å². The first-order valence-corrected chi connectivity index (χ1v) is 6.65. The van der Waals surface area contributed by atoms with Gasteiger partial charge in [0.15, 0.2) is 0 Å². The van der Waals surface area contributed by atoms with Gasteiger partial charge < -0.3 is 16.4 Å². The van der Waals surface area contributed by atoms with Crippen molar-refractivity contribution < 1.29 is 9.59 Å². The largest absolute Gasteiger partial charge is 0.355 e. The van der Waals surface area contributed by atoms with Crippen LogP contribution in [0.4, 0.5) is 0 Å². The molecule has 0 unspecified atom stereocenters. The van der Waals surface area contributed by atoms with Crippen LogP contribution in [-0.2, 0) is 9.59 Å². The highest BCUT2D eigenvalue weighted by molar-refractivity contribution is 5.82. The van der Waals surface area contributed by atoms with E-state index in [9.17, 15) is 9.59 Å². The maximum absolute atomic E-state index is 11.2. The molecule has 0 aliphatic carbocycles. The predicted octanol–water partition coefficient (Wildman–Crippen LogP) is 0.928. The Labute approximate surface area is 112 Å². The number of carbonyl (C=O) groups is 2. The molecule has 1 amide bonds. The van der Waals surface area contributed by atoms with Crippen LogP contribution in [0.5, 0.6) is 0 Å². The van der Waals surface area contributed by atoms with E-state index in [4.69, 9.17) is 0 Å². The van der Waals surface area contributed by atoms with E-state index in [2.05, 4.69) is 16.4 Å². The fourth-order valence-electron chi connectivity index (χ4n) is 0.915. The molecule has 0 aliphatic rings. The fraction of sp³-hybridized carbons (Fsp3) is 0.846. The van der Waals surface area contributed by atoms with Crippen LogP contribution in [0, 0.1) is 5.92 Å². The Morgan fingerprint density at radius 3 is 2.06 bits per heavy atom. The van der Waals surface area contributed by atoms with E-state index in [1.165, 1.54) is 7.05 Å². The molecule has 0 atom stereocenters. The molecule has 18 heavy (non-hydrogen) atoms. The van der Waals surface area contributed by atoms with E-state index in [1.807, 2.05) is 34.6 Å². The molecule has 5 nitrogen and oxygen atoms in total. The van der Waals surface area contributed by atoms with Gasteiger partial charge in [0.05, 0.1) is 6.54 Å². The van der Waals surface area contributed by atoms with E-state index in [-0.39, 0.29) is 17.6 Å². The summed E-state index contributed by atoms with van der Waals surface area (Å²) in [6.07, 6.45) is 0.426. The van der Waals surface area contributed by atoms with Gasteiger partial charge in [-0.3, -0.25) is 9.59 Å². The molecule has 0 bridgehead atoms. The van der Waals surface area contributed by atoms with Crippen molar-refractivity contribution in [2.24, 2.45) is 11.7 Å². The highest BCUT2D eigenvalue weighted by Crippen LogP contribution is 1.96. The van der Waals surface area contributed by atoms with Crippen LogP contribution in [0.3, 0.4) is 0 Å². The highest BCUT2D eigenvalue weighted by atomic mass is 16.2. The van der Waals surface area contributed by atoms with Crippen molar-refractivity contribution in [1.82, 2.24) is 10.6 Å². The second-order valence-corrected chi connectivity index (χ2v) is 3.50. The van der Waals surface area contributed by atoms with Crippen LogP contribution < -0.4 is 16.4 Å². The number of amides is 1. The Balaban J connectivity index is -0.000000506. The summed E-state index contributed by atoms with van der Waals surface area (Å²) in [5.41, 5.74) is 4.50. The normalized spacial score (nSPS) is 8.67. The van der Waals surface area contributed by atoms with Crippen LogP contribution in [0.2, 0.25) is 0 Å². The minimum absolute atomic E-state index is 0.0524. The Kier molecular flexibility index (Phi) is 22.8. The smallest absolute Gasteiger partial charge is 0.233 e. The summed E-state index contributed by atoms with van der Waals surface area (Å²) in [6, 6.07) is 0. The summed E-state index contributed by atoms with van der Waals surface area (Å²) >= 11 is 0. The van der Waals surface area contributed by atoms with Crippen LogP contribution >= 0.6 is 0 Å². The molecule has 110 valence electrons. The number of likely N-dealkylation sites (N-methyl/N-ethyl adjacent to an activating group) is 1. The molecular weight excluding hydrogens is 230 g/mol. The zero-order chi connectivity index (χ0) is 15.0. The standard InChI is InChI=1S/C10H20N2O2.C2H6.CH5N/c1-4-11-7-10(14)12-6-5-9(13)8(2)3;2*1-2/h8,11H,4-7H2,1-3H3,(H,12,14);1-2H3;2H2,1H3. The molecule has 0 saturated heterocycles. The van der Waals surface area contributed by atoms with Gasteiger partial charge in [-0.25, -0.2) is 0 Å². The monoisotopic (exact) mass is 261 g/mol. The molecule has 0 radical (unpaired) electrons. The summed E-state index contributed by atoms with van der Waals surface area (Å²) in [5, 5.41) is 5.59. The van der Waals surface area contributed by atoms with E-state index in [0.717, 1.165) is 6.54 Å². The van der Waals surface area contributed by atoms with Gasteiger partial charge in [0, 0.05) is 18.9 Å². The van der Waals surface area contributed by atoms with Crippen molar-refractivity contribution in [3.05, 3.63) is 0 Å². The third kappa shape index (κ3) is 17.5. The highest BCUT2D eigenvalue weighted by Gasteiger charge is 2.07. The quantitative estimate of drug-likeness (QED) is 0.636. The van der Waals surface area contributed by atoms with Crippen molar-refractivity contribution in [3.63, 3.8) is 0 Å². The molecular formula is C13H31N3O2. The zero-order valence-electron chi connectivity index (χ0n) is 12.8. The van der Waals surface area contributed by atoms with Gasteiger partial charge in [0.1, 0.15) is 5.78 Å². The number of hydrogen-bond acceptors (Lipinski definition) is 4. The van der Waals surface area contributed by atoms with Gasteiger partial charge in [0.2, 0.25) is 5.91 Å². The predicted molar refractivity (Wildman–Crippen MR) is 77.5 cm³/mol. The maximum Gasteiger partial charge on any atom is 0.233 e. The molecule has 0 aromatic carbocycles. The lowest BCUT2D eigenvalue weighted by molar-refractivity contribution is -0.122. The molecule has 0 saturated carbocycles. The average Bonchev–Trinajstić information content (AvgIpc) is 2.40. The zero-order valence-corrected chi connectivity index (χ0v) is 12.8. The molecule has 0 rings (SSSR count). The van der Waals surface area contributed by atoms with Gasteiger partial charge in [0.25, 0.3) is 0 Å². The number of nitrogens with one attached hydrogen (secondary N) is 2. The number of Topliss-reactive ketones (excluding diaryl/α,β-unsaturated/α-hetero) is 1. The number of nitrogens with two attached hydrogens (primary N) is 1. The minimum Gasteiger partial charge on any atom is -0.355 e. The number of ketones is 1. The molecule has 0 aliphatic heterocycles. The Bertz CT molecular complexity index is 195.